The Morgan fingerprint density at radius 3 is 0.935 bits per heavy atom. The van der Waals surface area contributed by atoms with Crippen LogP contribution >= 0.6 is 0 Å². The molecule has 0 radical (unpaired) electrons. The zero-order valence-electron chi connectivity index (χ0n) is 59.7. The second-order valence-electron chi connectivity index (χ2n) is 26.6. The van der Waals surface area contributed by atoms with E-state index in [4.69, 9.17) is 18.9 Å². The van der Waals surface area contributed by atoms with Crippen LogP contribution in [0.5, 0.6) is 23.0 Å². The van der Waals surface area contributed by atoms with Gasteiger partial charge in [0.2, 0.25) is 23.6 Å². The number of hydrogen-bond donors (Lipinski definition) is 4. The normalized spacial score (nSPS) is 19.1. The molecule has 8 atom stereocenters. The maximum atomic E-state index is 14.4. The third-order valence-electron chi connectivity index (χ3n) is 19.2. The Bertz CT molecular complexity index is 4130. The smallest absolute Gasteiger partial charge is 0.224 e. The summed E-state index contributed by atoms with van der Waals surface area (Å²) in [5, 5.41) is 10.5. The summed E-state index contributed by atoms with van der Waals surface area (Å²) in [5.41, 5.74) is 5.19. The number of benzene rings is 6. The molecule has 0 bridgehead atoms. The molecule has 0 spiro atoms. The standard InChI is InChI=1S/C21H21F2NO3.2C20H20F2N2O3.C20H19F2NO3/c1-12-3-5-13(6-4-12)7-14(25)8-16-17(11-24-21(16)26)20-18(22)9-15(27-2)10-19(20)23;1-11-3-4-12(9-23-11)5-13(25)6-15-16(10-24-20(15)26)19-17(21)7-14(27-2)8-18(19)22;1-11-3-4-12(23-9-11)5-13(25)6-15-16(10-24-20(15)26)19-17(21)7-14(27-2)8-18(19)22;1-26-14-9-17(21)19(18(22)10-14)16-11-23-20(25)15(16)8-13(24)7-12-5-3-2-4-6-12/h3-6,9-10,16-17H,7-8,11H2,1-2H3,(H,24,26);2*3-4,7-9,15-16H,5-6,10H2,1-2H3,(H,24,26);2-6,9-10,15-16H,7-8,11H2,1H3,(H,23,25)/t16-,17+;3*15-,16+/m0000/s1. The van der Waals surface area contributed by atoms with Gasteiger partial charge in [-0.2, -0.15) is 0 Å². The maximum absolute atomic E-state index is 14.4. The number of halogens is 8. The van der Waals surface area contributed by atoms with Gasteiger partial charge in [0.15, 0.2) is 0 Å². The lowest BCUT2D eigenvalue weighted by Gasteiger charge is -2.18. The van der Waals surface area contributed by atoms with Crippen LogP contribution in [0.2, 0.25) is 0 Å². The number of rotatable bonds is 24. The molecule has 4 saturated heterocycles. The highest BCUT2D eigenvalue weighted by Crippen LogP contribution is 2.41. The minimum absolute atomic E-state index is 0.0592. The molecule has 0 unspecified atom stereocenters. The molecule has 562 valence electrons. The van der Waals surface area contributed by atoms with Gasteiger partial charge >= 0.3 is 0 Å². The molecule has 4 aliphatic rings. The van der Waals surface area contributed by atoms with E-state index in [0.29, 0.717) is 5.69 Å². The van der Waals surface area contributed by atoms with Crippen molar-refractivity contribution in [1.29, 1.82) is 0 Å². The van der Waals surface area contributed by atoms with Crippen molar-refractivity contribution in [3.8, 4) is 23.0 Å². The fourth-order valence-corrected chi connectivity index (χ4v) is 13.6. The number of methoxy groups -OCH3 is 4. The molecule has 4 N–H and O–H groups in total. The number of nitrogens with zero attached hydrogens (tertiary/aromatic N) is 2. The van der Waals surface area contributed by atoms with Gasteiger partial charge in [0, 0.05) is 196 Å². The number of amides is 4. The van der Waals surface area contributed by atoms with Crippen LogP contribution in [0.25, 0.3) is 0 Å². The number of Topliss-reactive ketones (excluding diaryl/α,β-unsaturated/α-hetero) is 4. The first-order chi connectivity index (χ1) is 51.1. The summed E-state index contributed by atoms with van der Waals surface area (Å²) in [6.07, 6.45) is 3.53. The SMILES string of the molecule is COc1cc(F)c([C@@H]2CNC(=O)[C@H]2CC(=O)Cc2ccc(C)cc2)c(F)c1.COc1cc(F)c([C@@H]2CNC(=O)[C@H]2CC(=O)Cc2ccc(C)cn2)c(F)c1.COc1cc(F)c([C@@H]2CNC(=O)[C@H]2CC(=O)Cc2ccc(C)nc2)c(F)c1.COc1cc(F)c([C@@H]2CNC(=O)[C@H]2CC(=O)Cc2ccccc2)c(F)c1. The van der Waals surface area contributed by atoms with E-state index in [0.717, 1.165) is 82.0 Å². The van der Waals surface area contributed by atoms with Gasteiger partial charge in [0.05, 0.1) is 52.1 Å². The third-order valence-corrected chi connectivity index (χ3v) is 19.2. The van der Waals surface area contributed by atoms with E-state index in [1.165, 1.54) is 28.4 Å². The van der Waals surface area contributed by atoms with Crippen LogP contribution in [0.1, 0.15) is 111 Å². The molecule has 6 heterocycles. The van der Waals surface area contributed by atoms with Crippen LogP contribution in [0.15, 0.2) is 140 Å². The number of carbonyl (C=O) groups is 8. The molecule has 12 rings (SSSR count). The molecule has 18 nitrogen and oxygen atoms in total. The molecule has 0 saturated carbocycles. The van der Waals surface area contributed by atoms with Gasteiger partial charge in [0.1, 0.15) is 92.7 Å². The van der Waals surface area contributed by atoms with Crippen molar-refractivity contribution in [3.63, 3.8) is 0 Å². The number of hydrogen-bond acceptors (Lipinski definition) is 14. The van der Waals surface area contributed by atoms with Crippen LogP contribution in [0.4, 0.5) is 35.1 Å². The Labute approximate surface area is 612 Å². The van der Waals surface area contributed by atoms with Gasteiger partial charge in [-0.3, -0.25) is 48.3 Å². The summed E-state index contributed by atoms with van der Waals surface area (Å²) in [6.45, 7) is 6.06. The topological polar surface area (TPSA) is 247 Å². The molecule has 4 aliphatic heterocycles. The van der Waals surface area contributed by atoms with E-state index < -0.39 is 93.9 Å². The molecule has 4 amide bonds. The Hall–Kier alpha value is -11.2. The molecular formula is C81H80F8N6O12. The van der Waals surface area contributed by atoms with Crippen molar-refractivity contribution >= 4 is 46.8 Å². The highest BCUT2D eigenvalue weighted by atomic mass is 19.2. The number of nitrogens with one attached hydrogen (secondary N) is 4. The van der Waals surface area contributed by atoms with E-state index in [2.05, 4.69) is 31.2 Å². The van der Waals surface area contributed by atoms with Crippen molar-refractivity contribution in [3.05, 3.63) is 248 Å². The van der Waals surface area contributed by atoms with Gasteiger partial charge < -0.3 is 40.2 Å². The highest BCUT2D eigenvalue weighted by molar-refractivity contribution is 5.93. The monoisotopic (exact) mass is 1480 g/mol. The van der Waals surface area contributed by atoms with E-state index >= 15 is 0 Å². The Morgan fingerprint density at radius 1 is 0.355 bits per heavy atom. The lowest BCUT2D eigenvalue weighted by Crippen LogP contribution is -2.23. The number of ether oxygens (including phenoxy) is 4. The van der Waals surface area contributed by atoms with Crippen molar-refractivity contribution < 1.29 is 92.4 Å². The second-order valence-corrected chi connectivity index (χ2v) is 26.6. The minimum Gasteiger partial charge on any atom is -0.497 e. The summed E-state index contributed by atoms with van der Waals surface area (Å²) in [4.78, 5) is 107. The van der Waals surface area contributed by atoms with Crippen LogP contribution in [-0.4, -0.2) is 111 Å². The first kappa shape index (κ1) is 79.9. The van der Waals surface area contributed by atoms with E-state index in [9.17, 15) is 73.5 Å². The largest absolute Gasteiger partial charge is 0.497 e. The van der Waals surface area contributed by atoms with Gasteiger partial charge in [-0.05, 0) is 55.2 Å². The number of carbonyl (C=O) groups excluding carboxylic acids is 8. The van der Waals surface area contributed by atoms with Crippen LogP contribution in [0.3, 0.4) is 0 Å². The van der Waals surface area contributed by atoms with Gasteiger partial charge in [0.25, 0.3) is 0 Å². The number of aromatic nitrogens is 2. The number of ketones is 4. The predicted octanol–water partition coefficient (Wildman–Crippen LogP) is 11.7. The van der Waals surface area contributed by atoms with Crippen molar-refractivity contribution in [2.24, 2.45) is 23.7 Å². The molecule has 0 aliphatic carbocycles. The minimum atomic E-state index is -0.819. The van der Waals surface area contributed by atoms with Gasteiger partial charge in [-0.25, -0.2) is 35.1 Å². The molecule has 2 aromatic heterocycles. The molecule has 6 aromatic carbocycles. The maximum Gasteiger partial charge on any atom is 0.224 e. The summed E-state index contributed by atoms with van der Waals surface area (Å²) >= 11 is 0. The summed E-state index contributed by atoms with van der Waals surface area (Å²) in [5.74, 6) is -14.3. The van der Waals surface area contributed by atoms with Gasteiger partial charge in [-0.1, -0.05) is 72.3 Å². The third kappa shape index (κ3) is 20.7. The number of aryl methyl sites for hydroxylation is 3. The molecule has 4 fully saturated rings. The average molecular weight is 1480 g/mol. The zero-order valence-corrected chi connectivity index (χ0v) is 59.7. The fourth-order valence-electron chi connectivity index (χ4n) is 13.6. The van der Waals surface area contributed by atoms with E-state index in [-0.39, 0.29) is 170 Å². The van der Waals surface area contributed by atoms with Gasteiger partial charge in [-0.15, -0.1) is 0 Å². The lowest BCUT2D eigenvalue weighted by atomic mass is 9.84. The van der Waals surface area contributed by atoms with Crippen molar-refractivity contribution in [1.82, 2.24) is 31.2 Å². The molecule has 8 aromatic rings. The average Bonchev–Trinajstić information content (AvgIpc) is 1.75. The highest BCUT2D eigenvalue weighted by Gasteiger charge is 2.44. The van der Waals surface area contributed by atoms with Crippen molar-refractivity contribution in [2.75, 3.05) is 54.6 Å². The Morgan fingerprint density at radius 2 is 0.645 bits per heavy atom. The quantitative estimate of drug-likeness (QED) is 0.0411. The van der Waals surface area contributed by atoms with Crippen LogP contribution < -0.4 is 40.2 Å². The summed E-state index contributed by atoms with van der Waals surface area (Å²) in [7, 11) is 5.27. The zero-order chi connectivity index (χ0) is 77.3. The molecule has 107 heavy (non-hydrogen) atoms. The number of pyridine rings is 2. The Kier molecular flexibility index (Phi) is 27.4. The second kappa shape index (κ2) is 36.7. The van der Waals surface area contributed by atoms with Crippen LogP contribution in [-0.2, 0) is 64.0 Å². The van der Waals surface area contributed by atoms with E-state index in [1.807, 2.05) is 81.4 Å². The molecular weight excluding hydrogens is 1400 g/mol. The Balaban J connectivity index is 0.000000165. The summed E-state index contributed by atoms with van der Waals surface area (Å²) < 4.78 is 135. The predicted molar refractivity (Wildman–Crippen MR) is 377 cm³/mol. The van der Waals surface area contributed by atoms with Crippen LogP contribution in [0, 0.1) is 91.0 Å². The van der Waals surface area contributed by atoms with Crippen molar-refractivity contribution in [2.45, 2.75) is 95.8 Å². The first-order valence-electron chi connectivity index (χ1n) is 34.4. The first-order valence-corrected chi connectivity index (χ1v) is 34.4. The lowest BCUT2D eigenvalue weighted by molar-refractivity contribution is -0.127. The van der Waals surface area contributed by atoms with E-state index in [1.54, 1.807) is 30.6 Å². The fraction of sp³-hybridized carbons (Fsp3) is 0.333. The molecule has 26 heteroatoms. The summed E-state index contributed by atoms with van der Waals surface area (Å²) in [6, 6.07) is 32.6.